The Morgan fingerprint density at radius 2 is 2.30 bits per heavy atom. The molecule has 0 bridgehead atoms. The lowest BCUT2D eigenvalue weighted by atomic mass is 10.00. The first-order valence-electron chi connectivity index (χ1n) is 6.79. The number of ether oxygens (including phenoxy) is 1. The molecular formula is C16H17BrN2O. The van der Waals surface area contributed by atoms with Crippen LogP contribution in [-0.2, 0) is 6.54 Å². The van der Waals surface area contributed by atoms with E-state index < -0.39 is 0 Å². The van der Waals surface area contributed by atoms with E-state index in [0.717, 1.165) is 29.8 Å². The number of pyridine rings is 1. The summed E-state index contributed by atoms with van der Waals surface area (Å²) in [6, 6.07) is 8.57. The van der Waals surface area contributed by atoms with Gasteiger partial charge in [-0.3, -0.25) is 4.98 Å². The lowest BCUT2D eigenvalue weighted by Gasteiger charge is -2.27. The van der Waals surface area contributed by atoms with Gasteiger partial charge in [-0.25, -0.2) is 0 Å². The van der Waals surface area contributed by atoms with E-state index in [4.69, 9.17) is 4.74 Å². The van der Waals surface area contributed by atoms with Gasteiger partial charge in [0.25, 0.3) is 0 Å². The molecule has 0 saturated heterocycles. The van der Waals surface area contributed by atoms with Crippen molar-refractivity contribution in [1.29, 1.82) is 0 Å². The minimum absolute atomic E-state index is 0.329. The Morgan fingerprint density at radius 3 is 3.15 bits per heavy atom. The summed E-state index contributed by atoms with van der Waals surface area (Å²) in [6.07, 6.45) is 4.76. The van der Waals surface area contributed by atoms with E-state index in [1.165, 1.54) is 16.7 Å². The molecule has 0 radical (unpaired) electrons. The zero-order chi connectivity index (χ0) is 13.9. The van der Waals surface area contributed by atoms with Crippen molar-refractivity contribution in [3.63, 3.8) is 0 Å². The number of nitrogens with zero attached hydrogens (tertiary/aromatic N) is 1. The molecule has 0 fully saturated rings. The Kier molecular flexibility index (Phi) is 4.03. The quantitative estimate of drug-likeness (QED) is 0.929. The summed E-state index contributed by atoms with van der Waals surface area (Å²) in [7, 11) is 0. The lowest BCUT2D eigenvalue weighted by Crippen LogP contribution is -2.27. The molecule has 1 unspecified atom stereocenters. The summed E-state index contributed by atoms with van der Waals surface area (Å²) in [5.41, 5.74) is 3.75. The first-order valence-corrected chi connectivity index (χ1v) is 7.58. The van der Waals surface area contributed by atoms with E-state index in [0.29, 0.717) is 6.04 Å². The summed E-state index contributed by atoms with van der Waals surface area (Å²) in [5.74, 6) is 0.986. The molecule has 2 aromatic rings. The average molecular weight is 333 g/mol. The van der Waals surface area contributed by atoms with Crippen LogP contribution in [0.15, 0.2) is 41.1 Å². The molecule has 0 aliphatic carbocycles. The summed E-state index contributed by atoms with van der Waals surface area (Å²) < 4.78 is 6.80. The normalized spacial score (nSPS) is 17.4. The number of aromatic nitrogens is 1. The van der Waals surface area contributed by atoms with E-state index in [2.05, 4.69) is 39.2 Å². The van der Waals surface area contributed by atoms with Crippen LogP contribution in [-0.4, -0.2) is 11.6 Å². The maximum absolute atomic E-state index is 5.71. The molecular weight excluding hydrogens is 316 g/mol. The number of rotatable bonds is 3. The van der Waals surface area contributed by atoms with E-state index in [1.54, 1.807) is 0 Å². The first-order chi connectivity index (χ1) is 9.74. The van der Waals surface area contributed by atoms with Crippen molar-refractivity contribution in [2.75, 3.05) is 6.61 Å². The molecule has 1 aliphatic rings. The van der Waals surface area contributed by atoms with Gasteiger partial charge in [-0.1, -0.05) is 15.9 Å². The topological polar surface area (TPSA) is 34.2 Å². The molecule has 3 rings (SSSR count). The van der Waals surface area contributed by atoms with Crippen molar-refractivity contribution in [1.82, 2.24) is 10.3 Å². The highest BCUT2D eigenvalue weighted by Gasteiger charge is 2.21. The third-order valence-corrected chi connectivity index (χ3v) is 4.19. The van der Waals surface area contributed by atoms with Crippen LogP contribution in [0.1, 0.15) is 29.2 Å². The van der Waals surface area contributed by atoms with Crippen LogP contribution in [0, 0.1) is 6.92 Å². The van der Waals surface area contributed by atoms with E-state index in [-0.39, 0.29) is 0 Å². The standard InChI is InChI=1S/C16H17BrN2O/c1-11-4-6-18-9-12(11)10-19-15-5-7-20-16-3-2-13(17)8-14(15)16/h2-4,6,8-9,15,19H,5,7,10H2,1H3. The van der Waals surface area contributed by atoms with Crippen LogP contribution in [0.3, 0.4) is 0 Å². The molecule has 1 aliphatic heterocycles. The molecule has 4 heteroatoms. The predicted molar refractivity (Wildman–Crippen MR) is 82.8 cm³/mol. The Labute approximate surface area is 127 Å². The second-order valence-electron chi connectivity index (χ2n) is 5.05. The van der Waals surface area contributed by atoms with E-state index in [1.807, 2.05) is 30.6 Å². The van der Waals surface area contributed by atoms with Crippen molar-refractivity contribution in [3.05, 3.63) is 57.8 Å². The number of hydrogen-bond donors (Lipinski definition) is 1. The minimum Gasteiger partial charge on any atom is -0.493 e. The van der Waals surface area contributed by atoms with Gasteiger partial charge in [0.1, 0.15) is 5.75 Å². The van der Waals surface area contributed by atoms with Gasteiger partial charge in [0, 0.05) is 41.4 Å². The third-order valence-electron chi connectivity index (χ3n) is 3.70. The van der Waals surface area contributed by atoms with Gasteiger partial charge < -0.3 is 10.1 Å². The molecule has 0 saturated carbocycles. The molecule has 0 spiro atoms. The number of halogens is 1. The maximum atomic E-state index is 5.71. The Morgan fingerprint density at radius 1 is 1.40 bits per heavy atom. The molecule has 1 atom stereocenters. The molecule has 1 aromatic carbocycles. The second-order valence-corrected chi connectivity index (χ2v) is 5.97. The highest BCUT2D eigenvalue weighted by atomic mass is 79.9. The molecule has 20 heavy (non-hydrogen) atoms. The summed E-state index contributed by atoms with van der Waals surface area (Å²) in [5, 5.41) is 3.62. The van der Waals surface area contributed by atoms with Gasteiger partial charge in [-0.05, 0) is 42.3 Å². The van der Waals surface area contributed by atoms with Crippen molar-refractivity contribution >= 4 is 15.9 Å². The van der Waals surface area contributed by atoms with Crippen LogP contribution in [0.2, 0.25) is 0 Å². The van der Waals surface area contributed by atoms with Crippen LogP contribution in [0.4, 0.5) is 0 Å². The Balaban J connectivity index is 1.77. The maximum Gasteiger partial charge on any atom is 0.124 e. The highest BCUT2D eigenvalue weighted by Crippen LogP contribution is 2.34. The molecule has 1 N–H and O–H groups in total. The van der Waals surface area contributed by atoms with Gasteiger partial charge >= 0.3 is 0 Å². The highest BCUT2D eigenvalue weighted by molar-refractivity contribution is 9.10. The number of hydrogen-bond acceptors (Lipinski definition) is 3. The number of nitrogens with one attached hydrogen (secondary N) is 1. The van der Waals surface area contributed by atoms with Gasteiger partial charge in [0.05, 0.1) is 6.61 Å². The lowest BCUT2D eigenvalue weighted by molar-refractivity contribution is 0.252. The fourth-order valence-corrected chi connectivity index (χ4v) is 2.87. The fourth-order valence-electron chi connectivity index (χ4n) is 2.49. The first kappa shape index (κ1) is 13.6. The smallest absolute Gasteiger partial charge is 0.124 e. The number of benzene rings is 1. The molecule has 104 valence electrons. The monoisotopic (exact) mass is 332 g/mol. The molecule has 3 nitrogen and oxygen atoms in total. The van der Waals surface area contributed by atoms with Gasteiger partial charge in [0.15, 0.2) is 0 Å². The van der Waals surface area contributed by atoms with E-state index >= 15 is 0 Å². The van der Waals surface area contributed by atoms with Crippen LogP contribution in [0.25, 0.3) is 0 Å². The zero-order valence-corrected chi connectivity index (χ0v) is 13.0. The summed E-state index contributed by atoms with van der Waals surface area (Å²) >= 11 is 3.53. The van der Waals surface area contributed by atoms with Gasteiger partial charge in [0.2, 0.25) is 0 Å². The van der Waals surface area contributed by atoms with Crippen molar-refractivity contribution in [2.24, 2.45) is 0 Å². The predicted octanol–water partition coefficient (Wildman–Crippen LogP) is 3.77. The summed E-state index contributed by atoms with van der Waals surface area (Å²) in [6.45, 7) is 3.71. The van der Waals surface area contributed by atoms with Crippen LogP contribution >= 0.6 is 15.9 Å². The van der Waals surface area contributed by atoms with Crippen molar-refractivity contribution in [2.45, 2.75) is 25.9 Å². The average Bonchev–Trinajstić information content (AvgIpc) is 2.46. The molecule has 2 heterocycles. The Hall–Kier alpha value is -1.39. The van der Waals surface area contributed by atoms with Crippen LogP contribution < -0.4 is 10.1 Å². The largest absolute Gasteiger partial charge is 0.493 e. The zero-order valence-electron chi connectivity index (χ0n) is 11.4. The summed E-state index contributed by atoms with van der Waals surface area (Å²) in [4.78, 5) is 4.20. The van der Waals surface area contributed by atoms with Crippen LogP contribution in [0.5, 0.6) is 5.75 Å². The number of fused-ring (bicyclic) bond motifs is 1. The van der Waals surface area contributed by atoms with Crippen molar-refractivity contribution in [3.8, 4) is 5.75 Å². The minimum atomic E-state index is 0.329. The molecule has 0 amide bonds. The Bertz CT molecular complexity index is 615. The van der Waals surface area contributed by atoms with Crippen molar-refractivity contribution < 1.29 is 4.74 Å². The second kappa shape index (κ2) is 5.94. The van der Waals surface area contributed by atoms with Gasteiger partial charge in [-0.2, -0.15) is 0 Å². The molecule has 1 aromatic heterocycles. The number of aryl methyl sites for hydroxylation is 1. The van der Waals surface area contributed by atoms with E-state index in [9.17, 15) is 0 Å². The SMILES string of the molecule is Cc1ccncc1CNC1CCOc2ccc(Br)cc21. The fraction of sp³-hybridized carbons (Fsp3) is 0.312. The van der Waals surface area contributed by atoms with Gasteiger partial charge in [-0.15, -0.1) is 0 Å². The third kappa shape index (κ3) is 2.86.